The zero-order valence-corrected chi connectivity index (χ0v) is 11.6. The van der Waals surface area contributed by atoms with E-state index >= 15 is 0 Å². The molecule has 1 aromatic carbocycles. The summed E-state index contributed by atoms with van der Waals surface area (Å²) in [6.07, 6.45) is 6.01. The third-order valence-corrected chi connectivity index (χ3v) is 3.84. The van der Waals surface area contributed by atoms with Crippen LogP contribution in [0.15, 0.2) is 18.2 Å². The van der Waals surface area contributed by atoms with E-state index in [1.54, 1.807) is 6.07 Å². The molecule has 2 heteroatoms. The van der Waals surface area contributed by atoms with Crippen molar-refractivity contribution in [3.8, 4) is 5.75 Å². The predicted octanol–water partition coefficient (Wildman–Crippen LogP) is 3.80. The van der Waals surface area contributed by atoms with Crippen LogP contribution in [0, 0.1) is 5.92 Å². The van der Waals surface area contributed by atoms with E-state index in [2.05, 4.69) is 25.2 Å². The van der Waals surface area contributed by atoms with Gasteiger partial charge in [0.2, 0.25) is 0 Å². The summed E-state index contributed by atoms with van der Waals surface area (Å²) in [5.74, 6) is 1.28. The van der Waals surface area contributed by atoms with Crippen LogP contribution in [0.2, 0.25) is 0 Å². The van der Waals surface area contributed by atoms with Gasteiger partial charge in [-0.25, -0.2) is 0 Å². The molecule has 2 rings (SSSR count). The van der Waals surface area contributed by atoms with Crippen molar-refractivity contribution in [2.24, 2.45) is 5.92 Å². The second-order valence-electron chi connectivity index (χ2n) is 5.78. The fraction of sp³-hybridized carbons (Fsp3) is 0.625. The van der Waals surface area contributed by atoms with Crippen LogP contribution >= 0.6 is 0 Å². The van der Waals surface area contributed by atoms with Crippen molar-refractivity contribution in [2.75, 3.05) is 6.54 Å². The predicted molar refractivity (Wildman–Crippen MR) is 75.9 cm³/mol. The molecule has 0 saturated carbocycles. The molecular weight excluding hydrogens is 222 g/mol. The lowest BCUT2D eigenvalue weighted by atomic mass is 10.1. The number of fused-ring (bicyclic) bond motifs is 1. The van der Waals surface area contributed by atoms with Gasteiger partial charge >= 0.3 is 0 Å². The van der Waals surface area contributed by atoms with Crippen LogP contribution in [0.1, 0.15) is 56.7 Å². The van der Waals surface area contributed by atoms with Crippen LogP contribution in [0.3, 0.4) is 0 Å². The fourth-order valence-corrected chi connectivity index (χ4v) is 2.80. The second-order valence-corrected chi connectivity index (χ2v) is 5.78. The Labute approximate surface area is 110 Å². The summed E-state index contributed by atoms with van der Waals surface area (Å²) in [5.41, 5.74) is 2.45. The summed E-state index contributed by atoms with van der Waals surface area (Å²) in [7, 11) is 0. The van der Waals surface area contributed by atoms with Gasteiger partial charge in [0.05, 0.1) is 0 Å². The van der Waals surface area contributed by atoms with Crippen molar-refractivity contribution in [1.29, 1.82) is 0 Å². The summed E-state index contributed by atoms with van der Waals surface area (Å²) in [6, 6.07) is 6.34. The van der Waals surface area contributed by atoms with Gasteiger partial charge in [-0.1, -0.05) is 38.8 Å². The topological polar surface area (TPSA) is 32.3 Å². The molecule has 1 unspecified atom stereocenters. The van der Waals surface area contributed by atoms with Gasteiger partial charge in [-0.15, -0.1) is 0 Å². The van der Waals surface area contributed by atoms with Gasteiger partial charge in [0.15, 0.2) is 0 Å². The van der Waals surface area contributed by atoms with Crippen LogP contribution in [0.4, 0.5) is 0 Å². The monoisotopic (exact) mass is 247 g/mol. The second kappa shape index (κ2) is 6.24. The summed E-state index contributed by atoms with van der Waals surface area (Å²) < 4.78 is 0. The van der Waals surface area contributed by atoms with Crippen molar-refractivity contribution < 1.29 is 5.11 Å². The molecular formula is C16H25NO. The van der Waals surface area contributed by atoms with Crippen LogP contribution in [-0.2, 0) is 6.42 Å². The Bertz CT molecular complexity index is 387. The minimum atomic E-state index is 0.450. The summed E-state index contributed by atoms with van der Waals surface area (Å²) in [4.78, 5) is 0. The number of aromatic hydroxyl groups is 1. The zero-order valence-electron chi connectivity index (χ0n) is 11.6. The summed E-state index contributed by atoms with van der Waals surface area (Å²) in [5, 5.41) is 13.4. The molecule has 0 saturated heterocycles. The highest BCUT2D eigenvalue weighted by atomic mass is 16.3. The Kier molecular flexibility index (Phi) is 4.65. The molecule has 18 heavy (non-hydrogen) atoms. The molecule has 0 heterocycles. The van der Waals surface area contributed by atoms with Gasteiger partial charge in [-0.2, -0.15) is 0 Å². The third-order valence-electron chi connectivity index (χ3n) is 3.84. The van der Waals surface area contributed by atoms with Crippen LogP contribution < -0.4 is 5.32 Å². The molecule has 0 radical (unpaired) electrons. The molecule has 0 fully saturated rings. The van der Waals surface area contributed by atoms with E-state index in [0.29, 0.717) is 11.8 Å². The molecule has 100 valence electrons. The van der Waals surface area contributed by atoms with E-state index in [9.17, 15) is 5.11 Å². The Morgan fingerprint density at radius 1 is 1.33 bits per heavy atom. The summed E-state index contributed by atoms with van der Waals surface area (Å²) in [6.45, 7) is 5.65. The number of hydrogen-bond donors (Lipinski definition) is 2. The number of phenols is 1. The number of phenolic OH excluding ortho intramolecular Hbond substituents is 1. The van der Waals surface area contributed by atoms with Gasteiger partial charge in [0.25, 0.3) is 0 Å². The van der Waals surface area contributed by atoms with E-state index in [-0.39, 0.29) is 0 Å². The first-order valence-corrected chi connectivity index (χ1v) is 7.22. The zero-order chi connectivity index (χ0) is 13.0. The van der Waals surface area contributed by atoms with E-state index < -0.39 is 0 Å². The maximum atomic E-state index is 9.79. The van der Waals surface area contributed by atoms with E-state index in [1.165, 1.54) is 24.8 Å². The smallest absolute Gasteiger partial charge is 0.119 e. The molecule has 1 aliphatic carbocycles. The maximum absolute atomic E-state index is 9.79. The van der Waals surface area contributed by atoms with Crippen LogP contribution in [0.25, 0.3) is 0 Å². The van der Waals surface area contributed by atoms with Crippen molar-refractivity contribution >= 4 is 0 Å². The van der Waals surface area contributed by atoms with E-state index in [1.807, 2.05) is 6.07 Å². The SMILES string of the molecule is CC(C)CCCCNC1CCc2c(O)cccc21. The average Bonchev–Trinajstić information content (AvgIpc) is 2.73. The quantitative estimate of drug-likeness (QED) is 0.749. The number of nitrogens with one attached hydrogen (secondary N) is 1. The Morgan fingerprint density at radius 3 is 2.94 bits per heavy atom. The Hall–Kier alpha value is -1.02. The minimum Gasteiger partial charge on any atom is -0.508 e. The normalized spacial score (nSPS) is 18.3. The molecule has 0 spiro atoms. The van der Waals surface area contributed by atoms with E-state index in [4.69, 9.17) is 0 Å². The van der Waals surface area contributed by atoms with Gasteiger partial charge in [0.1, 0.15) is 5.75 Å². The molecule has 2 nitrogen and oxygen atoms in total. The molecule has 0 amide bonds. The molecule has 1 aliphatic rings. The van der Waals surface area contributed by atoms with Gasteiger partial charge in [0, 0.05) is 6.04 Å². The Morgan fingerprint density at radius 2 is 2.17 bits per heavy atom. The molecule has 0 aliphatic heterocycles. The van der Waals surface area contributed by atoms with Gasteiger partial charge in [-0.05, 0) is 48.9 Å². The minimum absolute atomic E-state index is 0.450. The Balaban J connectivity index is 1.78. The lowest BCUT2D eigenvalue weighted by molar-refractivity contribution is 0.469. The highest BCUT2D eigenvalue weighted by Gasteiger charge is 2.23. The first-order chi connectivity index (χ1) is 8.68. The highest BCUT2D eigenvalue weighted by molar-refractivity contribution is 5.44. The number of unbranched alkanes of at least 4 members (excludes halogenated alkanes) is 1. The first-order valence-electron chi connectivity index (χ1n) is 7.22. The number of hydrogen-bond acceptors (Lipinski definition) is 2. The standard InChI is InChI=1S/C16H25NO/c1-12(2)6-3-4-11-17-15-10-9-14-13(15)7-5-8-16(14)18/h5,7-8,12,15,17-18H,3-4,6,9-11H2,1-2H3. The van der Waals surface area contributed by atoms with Gasteiger partial charge in [-0.3, -0.25) is 0 Å². The molecule has 1 aromatic rings. The lowest BCUT2D eigenvalue weighted by Gasteiger charge is -2.14. The number of rotatable bonds is 6. The van der Waals surface area contributed by atoms with Crippen LogP contribution in [-0.4, -0.2) is 11.7 Å². The molecule has 1 atom stereocenters. The first kappa shape index (κ1) is 13.4. The van der Waals surface area contributed by atoms with Crippen molar-refractivity contribution in [3.63, 3.8) is 0 Å². The van der Waals surface area contributed by atoms with Crippen molar-refractivity contribution in [3.05, 3.63) is 29.3 Å². The maximum Gasteiger partial charge on any atom is 0.119 e. The van der Waals surface area contributed by atoms with E-state index in [0.717, 1.165) is 30.9 Å². The largest absolute Gasteiger partial charge is 0.508 e. The summed E-state index contributed by atoms with van der Waals surface area (Å²) >= 11 is 0. The molecule has 0 bridgehead atoms. The number of benzene rings is 1. The van der Waals surface area contributed by atoms with Crippen molar-refractivity contribution in [1.82, 2.24) is 5.32 Å². The average molecular weight is 247 g/mol. The lowest BCUT2D eigenvalue weighted by Crippen LogP contribution is -2.20. The molecule has 2 N–H and O–H groups in total. The van der Waals surface area contributed by atoms with Gasteiger partial charge < -0.3 is 10.4 Å². The fourth-order valence-electron chi connectivity index (χ4n) is 2.80. The van der Waals surface area contributed by atoms with Crippen molar-refractivity contribution in [2.45, 2.75) is 52.0 Å². The highest BCUT2D eigenvalue weighted by Crippen LogP contribution is 2.36. The molecule has 0 aromatic heterocycles. The van der Waals surface area contributed by atoms with Crippen LogP contribution in [0.5, 0.6) is 5.75 Å². The third kappa shape index (κ3) is 3.26.